The minimum atomic E-state index is -1.00. The van der Waals surface area contributed by atoms with Crippen molar-refractivity contribution >= 4 is 11.9 Å². The Kier molecular flexibility index (Phi) is 19.9. The van der Waals surface area contributed by atoms with Crippen LogP contribution in [-0.2, 0) is 19.1 Å². The van der Waals surface area contributed by atoms with Crippen LogP contribution in [0.5, 0.6) is 0 Å². The third kappa shape index (κ3) is 20.9. The highest BCUT2D eigenvalue weighted by Crippen LogP contribution is 2.10. The average Bonchev–Trinajstić information content (AvgIpc) is 2.73. The van der Waals surface area contributed by atoms with Gasteiger partial charge in [0.15, 0.2) is 0 Å². The lowest BCUT2D eigenvalue weighted by Crippen LogP contribution is -2.24. The molecule has 1 unspecified atom stereocenters. The zero-order chi connectivity index (χ0) is 21.6. The molecule has 0 spiro atoms. The van der Waals surface area contributed by atoms with Gasteiger partial charge in [-0.15, -0.1) is 0 Å². The molecule has 0 aliphatic carbocycles. The summed E-state index contributed by atoms with van der Waals surface area (Å²) in [4.78, 5) is 22.5. The quantitative estimate of drug-likeness (QED) is 0.121. The van der Waals surface area contributed by atoms with Gasteiger partial charge < -0.3 is 14.6 Å². The molecular formula is C24H42O5. The van der Waals surface area contributed by atoms with Crippen molar-refractivity contribution in [2.45, 2.75) is 103 Å². The molecule has 0 bridgehead atoms. The van der Waals surface area contributed by atoms with Crippen LogP contribution < -0.4 is 0 Å². The third-order valence-electron chi connectivity index (χ3n) is 4.66. The Morgan fingerprint density at radius 3 is 1.93 bits per heavy atom. The van der Waals surface area contributed by atoms with Crippen molar-refractivity contribution in [2.75, 3.05) is 13.2 Å². The van der Waals surface area contributed by atoms with Gasteiger partial charge in [-0.05, 0) is 32.1 Å². The molecule has 29 heavy (non-hydrogen) atoms. The number of hydrogen-bond donors (Lipinski definition) is 1. The normalized spacial score (nSPS) is 12.1. The van der Waals surface area contributed by atoms with Gasteiger partial charge in [-0.25, -0.2) is 4.79 Å². The van der Waals surface area contributed by atoms with Crippen molar-refractivity contribution < 1.29 is 24.2 Å². The van der Waals surface area contributed by atoms with Gasteiger partial charge in [0.25, 0.3) is 0 Å². The maximum atomic E-state index is 11.6. The largest absolute Gasteiger partial charge is 0.463 e. The number of ether oxygens (including phenoxy) is 2. The first-order valence-corrected chi connectivity index (χ1v) is 11.4. The summed E-state index contributed by atoms with van der Waals surface area (Å²) in [5.41, 5.74) is 0. The average molecular weight is 411 g/mol. The van der Waals surface area contributed by atoms with E-state index in [2.05, 4.69) is 30.4 Å². The lowest BCUT2D eigenvalue weighted by molar-refractivity contribution is -0.150. The lowest BCUT2D eigenvalue weighted by Gasteiger charge is -2.11. The van der Waals surface area contributed by atoms with Crippen LogP contribution in [0, 0.1) is 0 Å². The molecule has 168 valence electrons. The van der Waals surface area contributed by atoms with Crippen LogP contribution in [0.15, 0.2) is 24.8 Å². The minimum absolute atomic E-state index is 0.158. The van der Waals surface area contributed by atoms with E-state index in [1.165, 1.54) is 57.8 Å². The fourth-order valence-electron chi connectivity index (χ4n) is 2.89. The standard InChI is InChI=1S/C24H42O5/c1-3-5-6-7-8-9-10-11-12-13-14-15-16-17-18-19-24(27)29-21-22(25)20-28-23(26)4-2/h4,11-12,22,25H,2-3,5-10,13-21H2,1H3/b12-11-. The van der Waals surface area contributed by atoms with Gasteiger partial charge in [0.2, 0.25) is 0 Å². The van der Waals surface area contributed by atoms with Crippen LogP contribution in [0.1, 0.15) is 96.8 Å². The number of hydrogen-bond acceptors (Lipinski definition) is 5. The van der Waals surface area contributed by atoms with Crippen LogP contribution in [-0.4, -0.2) is 36.4 Å². The van der Waals surface area contributed by atoms with Gasteiger partial charge in [-0.1, -0.05) is 77.0 Å². The van der Waals surface area contributed by atoms with E-state index in [0.29, 0.717) is 6.42 Å². The van der Waals surface area contributed by atoms with Gasteiger partial charge in [0.1, 0.15) is 19.3 Å². The predicted octanol–water partition coefficient (Wildman–Crippen LogP) is 5.66. The smallest absolute Gasteiger partial charge is 0.330 e. The lowest BCUT2D eigenvalue weighted by atomic mass is 10.1. The maximum absolute atomic E-state index is 11.6. The first-order chi connectivity index (χ1) is 14.1. The Morgan fingerprint density at radius 2 is 1.34 bits per heavy atom. The van der Waals surface area contributed by atoms with E-state index >= 15 is 0 Å². The van der Waals surface area contributed by atoms with Crippen molar-refractivity contribution in [1.82, 2.24) is 0 Å². The van der Waals surface area contributed by atoms with Crippen LogP contribution in [0.25, 0.3) is 0 Å². The Hall–Kier alpha value is -1.62. The first-order valence-electron chi connectivity index (χ1n) is 11.4. The zero-order valence-corrected chi connectivity index (χ0v) is 18.4. The van der Waals surface area contributed by atoms with Gasteiger partial charge >= 0.3 is 11.9 Å². The number of aliphatic hydroxyl groups is 1. The van der Waals surface area contributed by atoms with Crippen LogP contribution >= 0.6 is 0 Å². The Bertz CT molecular complexity index is 445. The maximum Gasteiger partial charge on any atom is 0.330 e. The van der Waals surface area contributed by atoms with Crippen molar-refractivity contribution in [3.05, 3.63) is 24.8 Å². The van der Waals surface area contributed by atoms with E-state index in [-0.39, 0.29) is 19.2 Å². The number of unbranched alkanes of at least 4 members (excludes halogenated alkanes) is 11. The zero-order valence-electron chi connectivity index (χ0n) is 18.4. The van der Waals surface area contributed by atoms with Crippen LogP contribution in [0.2, 0.25) is 0 Å². The van der Waals surface area contributed by atoms with E-state index in [1.54, 1.807) is 0 Å². The molecule has 0 aromatic carbocycles. The first kappa shape index (κ1) is 27.4. The molecule has 0 fully saturated rings. The molecule has 0 radical (unpaired) electrons. The van der Waals surface area contributed by atoms with Gasteiger partial charge in [-0.2, -0.15) is 0 Å². The van der Waals surface area contributed by atoms with E-state index in [0.717, 1.165) is 31.8 Å². The number of carbonyl (C=O) groups is 2. The molecule has 0 amide bonds. The number of allylic oxidation sites excluding steroid dienone is 2. The van der Waals surface area contributed by atoms with Gasteiger partial charge in [-0.3, -0.25) is 4.79 Å². The number of esters is 2. The highest BCUT2D eigenvalue weighted by molar-refractivity contribution is 5.81. The van der Waals surface area contributed by atoms with E-state index < -0.39 is 12.1 Å². The summed E-state index contributed by atoms with van der Waals surface area (Å²) < 4.78 is 9.65. The van der Waals surface area contributed by atoms with Crippen LogP contribution in [0.3, 0.4) is 0 Å². The van der Waals surface area contributed by atoms with E-state index in [1.807, 2.05) is 0 Å². The summed E-state index contributed by atoms with van der Waals surface area (Å²) in [5, 5.41) is 9.55. The predicted molar refractivity (Wildman–Crippen MR) is 118 cm³/mol. The third-order valence-corrected chi connectivity index (χ3v) is 4.66. The number of rotatable bonds is 20. The second-order valence-electron chi connectivity index (χ2n) is 7.51. The molecule has 0 aromatic heterocycles. The Morgan fingerprint density at radius 1 is 0.828 bits per heavy atom. The second-order valence-corrected chi connectivity index (χ2v) is 7.51. The fraction of sp³-hybridized carbons (Fsp3) is 0.750. The number of aliphatic hydroxyl groups excluding tert-OH is 1. The molecule has 1 N–H and O–H groups in total. The highest BCUT2D eigenvalue weighted by Gasteiger charge is 2.10. The summed E-state index contributed by atoms with van der Waals surface area (Å²) >= 11 is 0. The van der Waals surface area contributed by atoms with Gasteiger partial charge in [0, 0.05) is 12.5 Å². The molecule has 0 aliphatic rings. The molecule has 0 aromatic rings. The van der Waals surface area contributed by atoms with E-state index in [9.17, 15) is 14.7 Å². The van der Waals surface area contributed by atoms with Crippen molar-refractivity contribution in [3.8, 4) is 0 Å². The molecule has 5 heteroatoms. The van der Waals surface area contributed by atoms with Crippen molar-refractivity contribution in [3.63, 3.8) is 0 Å². The molecular weight excluding hydrogens is 368 g/mol. The molecule has 0 rings (SSSR count). The topological polar surface area (TPSA) is 72.8 Å². The molecule has 0 heterocycles. The minimum Gasteiger partial charge on any atom is -0.463 e. The SMILES string of the molecule is C=CC(=O)OCC(O)COC(=O)CCCCCCC/C=C\CCCCCCCC. The summed E-state index contributed by atoms with van der Waals surface area (Å²) in [5.74, 6) is -0.930. The Balaban J connectivity index is 3.36. The summed E-state index contributed by atoms with van der Waals surface area (Å²) in [6, 6.07) is 0. The summed E-state index contributed by atoms with van der Waals surface area (Å²) in [6.45, 7) is 5.15. The second kappa shape index (κ2) is 21.1. The van der Waals surface area contributed by atoms with Crippen molar-refractivity contribution in [2.24, 2.45) is 0 Å². The number of carbonyl (C=O) groups excluding carboxylic acids is 2. The van der Waals surface area contributed by atoms with Crippen molar-refractivity contribution in [1.29, 1.82) is 0 Å². The summed E-state index contributed by atoms with van der Waals surface area (Å²) in [6.07, 6.45) is 20.8. The van der Waals surface area contributed by atoms with E-state index in [4.69, 9.17) is 4.74 Å². The fourth-order valence-corrected chi connectivity index (χ4v) is 2.89. The molecule has 5 nitrogen and oxygen atoms in total. The molecule has 0 aliphatic heterocycles. The molecule has 0 saturated heterocycles. The Labute approximate surface area is 177 Å². The highest BCUT2D eigenvalue weighted by atomic mass is 16.6. The molecule has 1 atom stereocenters. The summed E-state index contributed by atoms with van der Waals surface area (Å²) in [7, 11) is 0. The van der Waals surface area contributed by atoms with Crippen LogP contribution in [0.4, 0.5) is 0 Å². The monoisotopic (exact) mass is 410 g/mol. The van der Waals surface area contributed by atoms with Gasteiger partial charge in [0.05, 0.1) is 0 Å². The molecule has 0 saturated carbocycles.